The maximum absolute atomic E-state index is 12.5. The minimum atomic E-state index is -1.23. The minimum absolute atomic E-state index is 0.0917. The SMILES string of the molecule is Cc1cc(NC(=O)CC(=O)O)cc(Cl)c1Oc1ccc(O)c(C(=O)CC2CCC2)c1. The first-order valence-corrected chi connectivity index (χ1v) is 9.96. The smallest absolute Gasteiger partial charge is 0.312 e. The quantitative estimate of drug-likeness (QED) is 0.403. The van der Waals surface area contributed by atoms with E-state index >= 15 is 0 Å². The third kappa shape index (κ3) is 5.30. The summed E-state index contributed by atoms with van der Waals surface area (Å²) >= 11 is 6.29. The molecule has 2 aromatic carbocycles. The second-order valence-electron chi connectivity index (χ2n) is 7.43. The molecule has 2 aromatic rings. The number of phenolic OH excluding ortho intramolecular Hbond substituents is 1. The predicted octanol–water partition coefficient (Wildman–Crippen LogP) is 4.93. The maximum Gasteiger partial charge on any atom is 0.312 e. The molecule has 0 unspecified atom stereocenters. The maximum atomic E-state index is 12.5. The average molecular weight is 432 g/mol. The van der Waals surface area contributed by atoms with Crippen molar-refractivity contribution in [2.45, 2.75) is 39.0 Å². The molecule has 0 aliphatic heterocycles. The van der Waals surface area contributed by atoms with Gasteiger partial charge in [-0.15, -0.1) is 0 Å². The van der Waals surface area contributed by atoms with Crippen LogP contribution in [-0.2, 0) is 9.59 Å². The molecule has 158 valence electrons. The monoisotopic (exact) mass is 431 g/mol. The lowest BCUT2D eigenvalue weighted by Gasteiger charge is -2.24. The zero-order chi connectivity index (χ0) is 21.8. The molecule has 30 heavy (non-hydrogen) atoms. The fourth-order valence-corrected chi connectivity index (χ4v) is 3.57. The number of halogens is 1. The van der Waals surface area contributed by atoms with Crippen molar-refractivity contribution < 1.29 is 29.3 Å². The van der Waals surface area contributed by atoms with E-state index in [-0.39, 0.29) is 22.1 Å². The van der Waals surface area contributed by atoms with Crippen molar-refractivity contribution in [1.29, 1.82) is 0 Å². The number of nitrogens with one attached hydrogen (secondary N) is 1. The summed E-state index contributed by atoms with van der Waals surface area (Å²) in [6.45, 7) is 1.72. The average Bonchev–Trinajstić information content (AvgIpc) is 2.61. The van der Waals surface area contributed by atoms with Crippen molar-refractivity contribution in [1.82, 2.24) is 0 Å². The van der Waals surface area contributed by atoms with Crippen LogP contribution in [0.1, 0.15) is 48.0 Å². The van der Waals surface area contributed by atoms with Crippen LogP contribution in [0.4, 0.5) is 5.69 Å². The number of carbonyl (C=O) groups is 3. The molecule has 0 radical (unpaired) electrons. The molecule has 0 aromatic heterocycles. The highest BCUT2D eigenvalue weighted by Crippen LogP contribution is 2.37. The predicted molar refractivity (Wildman–Crippen MR) is 112 cm³/mol. The highest BCUT2D eigenvalue weighted by molar-refractivity contribution is 6.32. The van der Waals surface area contributed by atoms with Crippen LogP contribution in [0.15, 0.2) is 30.3 Å². The topological polar surface area (TPSA) is 113 Å². The van der Waals surface area contributed by atoms with Crippen molar-refractivity contribution in [3.8, 4) is 17.2 Å². The third-order valence-corrected chi connectivity index (χ3v) is 5.29. The van der Waals surface area contributed by atoms with Crippen molar-refractivity contribution in [3.05, 3.63) is 46.5 Å². The van der Waals surface area contributed by atoms with Crippen molar-refractivity contribution in [3.63, 3.8) is 0 Å². The molecule has 0 atom stereocenters. The van der Waals surface area contributed by atoms with E-state index in [1.54, 1.807) is 13.0 Å². The Bertz CT molecular complexity index is 976. The number of carbonyl (C=O) groups excluding carboxylic acids is 2. The molecule has 1 aliphatic rings. The Morgan fingerprint density at radius 3 is 2.53 bits per heavy atom. The van der Waals surface area contributed by atoms with Crippen molar-refractivity contribution >= 4 is 34.9 Å². The lowest BCUT2D eigenvalue weighted by atomic mass is 9.81. The molecule has 7 nitrogen and oxygen atoms in total. The number of amides is 1. The van der Waals surface area contributed by atoms with Crippen LogP contribution in [0.25, 0.3) is 0 Å². The second kappa shape index (κ2) is 9.17. The normalized spacial score (nSPS) is 13.4. The van der Waals surface area contributed by atoms with Crippen LogP contribution in [0.2, 0.25) is 5.02 Å². The number of benzene rings is 2. The van der Waals surface area contributed by atoms with E-state index in [0.29, 0.717) is 35.1 Å². The van der Waals surface area contributed by atoms with Gasteiger partial charge in [0.05, 0.1) is 10.6 Å². The van der Waals surface area contributed by atoms with Gasteiger partial charge in [0.1, 0.15) is 23.7 Å². The van der Waals surface area contributed by atoms with E-state index in [0.717, 1.165) is 19.3 Å². The number of aliphatic carboxylic acids is 1. The Hall–Kier alpha value is -3.06. The number of rotatable bonds is 8. The van der Waals surface area contributed by atoms with Gasteiger partial charge >= 0.3 is 5.97 Å². The third-order valence-electron chi connectivity index (χ3n) is 5.01. The summed E-state index contributed by atoms with van der Waals surface area (Å²) < 4.78 is 5.85. The number of Topliss-reactive ketones (excluding diaryl/α,β-unsaturated/α-hetero) is 1. The van der Waals surface area contributed by atoms with E-state index in [4.69, 9.17) is 21.4 Å². The first-order valence-electron chi connectivity index (χ1n) is 9.58. The number of ether oxygens (including phenoxy) is 1. The molecule has 0 spiro atoms. The summed E-state index contributed by atoms with van der Waals surface area (Å²) in [5, 5.41) is 21.4. The van der Waals surface area contributed by atoms with Crippen LogP contribution in [0, 0.1) is 12.8 Å². The number of phenols is 1. The molecular weight excluding hydrogens is 410 g/mol. The number of carboxylic acid groups (broad SMARTS) is 1. The second-order valence-corrected chi connectivity index (χ2v) is 7.84. The Kier molecular flexibility index (Phi) is 6.62. The summed E-state index contributed by atoms with van der Waals surface area (Å²) in [5.74, 6) is -1.06. The van der Waals surface area contributed by atoms with Gasteiger partial charge in [0.2, 0.25) is 5.91 Å². The Morgan fingerprint density at radius 1 is 1.20 bits per heavy atom. The number of hydrogen-bond acceptors (Lipinski definition) is 5. The van der Waals surface area contributed by atoms with E-state index in [1.165, 1.54) is 24.3 Å². The van der Waals surface area contributed by atoms with E-state index in [2.05, 4.69) is 5.32 Å². The summed E-state index contributed by atoms with van der Waals surface area (Å²) in [5.41, 5.74) is 1.16. The highest BCUT2D eigenvalue weighted by Gasteiger charge is 2.23. The van der Waals surface area contributed by atoms with Crippen LogP contribution in [0.5, 0.6) is 17.2 Å². The number of aromatic hydroxyl groups is 1. The van der Waals surface area contributed by atoms with E-state index in [1.807, 2.05) is 0 Å². The van der Waals surface area contributed by atoms with Gasteiger partial charge in [0.15, 0.2) is 5.78 Å². The Balaban J connectivity index is 1.77. The van der Waals surface area contributed by atoms with Gasteiger partial charge < -0.3 is 20.3 Å². The largest absolute Gasteiger partial charge is 0.507 e. The summed E-state index contributed by atoms with van der Waals surface area (Å²) in [7, 11) is 0. The molecule has 0 saturated heterocycles. The number of aryl methyl sites for hydroxylation is 1. The van der Waals surface area contributed by atoms with Gasteiger partial charge in [0.25, 0.3) is 0 Å². The Morgan fingerprint density at radius 2 is 1.93 bits per heavy atom. The molecule has 0 heterocycles. The number of hydrogen-bond donors (Lipinski definition) is 3. The van der Waals surface area contributed by atoms with Crippen molar-refractivity contribution in [2.75, 3.05) is 5.32 Å². The number of ketones is 1. The number of carboxylic acids is 1. The van der Waals surface area contributed by atoms with Gasteiger partial charge in [0, 0.05) is 12.1 Å². The summed E-state index contributed by atoms with van der Waals surface area (Å²) in [4.78, 5) is 34.8. The molecule has 1 aliphatic carbocycles. The number of anilines is 1. The van der Waals surface area contributed by atoms with Gasteiger partial charge in [-0.3, -0.25) is 14.4 Å². The van der Waals surface area contributed by atoms with Crippen LogP contribution in [0.3, 0.4) is 0 Å². The molecule has 3 N–H and O–H groups in total. The van der Waals surface area contributed by atoms with E-state index < -0.39 is 18.3 Å². The lowest BCUT2D eigenvalue weighted by Crippen LogP contribution is -2.16. The van der Waals surface area contributed by atoms with Gasteiger partial charge in [-0.2, -0.15) is 0 Å². The molecule has 1 saturated carbocycles. The molecule has 1 amide bonds. The van der Waals surface area contributed by atoms with E-state index in [9.17, 15) is 19.5 Å². The first kappa shape index (κ1) is 21.6. The summed E-state index contributed by atoms with van der Waals surface area (Å²) in [6.07, 6.45) is 2.96. The fraction of sp³-hybridized carbons (Fsp3) is 0.318. The van der Waals surface area contributed by atoms with Gasteiger partial charge in [-0.05, 0) is 48.7 Å². The van der Waals surface area contributed by atoms with Crippen LogP contribution in [-0.4, -0.2) is 27.9 Å². The standard InChI is InChI=1S/C22H22ClNO6/c1-12-7-14(24-20(27)11-21(28)29)9-17(23)22(12)30-15-5-6-18(25)16(10-15)19(26)8-13-3-2-4-13/h5-7,9-10,13,25H,2-4,8,11H2,1H3,(H,24,27)(H,28,29). The zero-order valence-corrected chi connectivity index (χ0v) is 17.2. The first-order chi connectivity index (χ1) is 14.2. The lowest BCUT2D eigenvalue weighted by molar-refractivity contribution is -0.139. The minimum Gasteiger partial charge on any atom is -0.507 e. The molecule has 3 rings (SSSR count). The summed E-state index contributed by atoms with van der Waals surface area (Å²) in [6, 6.07) is 7.49. The Labute approximate surface area is 178 Å². The van der Waals surface area contributed by atoms with Crippen LogP contribution < -0.4 is 10.1 Å². The van der Waals surface area contributed by atoms with Crippen molar-refractivity contribution in [2.24, 2.45) is 5.92 Å². The molecular formula is C22H22ClNO6. The van der Waals surface area contributed by atoms with Gasteiger partial charge in [-0.1, -0.05) is 30.9 Å². The molecule has 8 heteroatoms. The highest BCUT2D eigenvalue weighted by atomic mass is 35.5. The zero-order valence-electron chi connectivity index (χ0n) is 16.4. The van der Waals surface area contributed by atoms with Gasteiger partial charge in [-0.25, -0.2) is 0 Å². The molecule has 0 bridgehead atoms. The van der Waals surface area contributed by atoms with Crippen LogP contribution >= 0.6 is 11.6 Å². The fourth-order valence-electron chi connectivity index (χ4n) is 3.26. The molecule has 1 fully saturated rings.